The number of hydrogen-bond acceptors (Lipinski definition) is 1. The zero-order chi connectivity index (χ0) is 23.9. The van der Waals surface area contributed by atoms with Crippen molar-refractivity contribution in [1.29, 1.82) is 0 Å². The molecular formula is C31H36F2O. The fraction of sp³-hybridized carbons (Fsp3) is 0.419. The molecule has 1 aliphatic rings. The maximum atomic E-state index is 14.5. The SMILES string of the molecule is CCCC1CCC(CCc2ccc(-c3ccc(-c4ccc(OCC)c(F)c4F)cc3)cc2)CC1. The minimum Gasteiger partial charge on any atom is -0.491 e. The molecule has 0 heterocycles. The molecule has 0 N–H and O–H groups in total. The number of hydrogen-bond donors (Lipinski definition) is 0. The molecule has 3 aromatic rings. The molecule has 1 nitrogen and oxygen atoms in total. The molecule has 1 fully saturated rings. The molecule has 0 atom stereocenters. The van der Waals surface area contributed by atoms with E-state index in [1.807, 2.05) is 24.3 Å². The fourth-order valence-electron chi connectivity index (χ4n) is 5.32. The molecule has 180 valence electrons. The predicted molar refractivity (Wildman–Crippen MR) is 137 cm³/mol. The third-order valence-corrected chi connectivity index (χ3v) is 7.33. The van der Waals surface area contributed by atoms with Crippen LogP contribution in [-0.2, 0) is 6.42 Å². The normalized spacial score (nSPS) is 18.1. The molecule has 0 amide bonds. The van der Waals surface area contributed by atoms with Gasteiger partial charge in [-0.2, -0.15) is 4.39 Å². The molecule has 3 heteroatoms. The second-order valence-corrected chi connectivity index (χ2v) is 9.66. The van der Waals surface area contributed by atoms with Crippen molar-refractivity contribution in [2.75, 3.05) is 6.61 Å². The first-order valence-electron chi connectivity index (χ1n) is 12.9. The monoisotopic (exact) mass is 462 g/mol. The van der Waals surface area contributed by atoms with Crippen molar-refractivity contribution in [3.05, 3.63) is 77.9 Å². The van der Waals surface area contributed by atoms with Crippen LogP contribution in [0.1, 0.15) is 64.4 Å². The van der Waals surface area contributed by atoms with Crippen LogP contribution >= 0.6 is 0 Å². The van der Waals surface area contributed by atoms with Crippen LogP contribution in [0.25, 0.3) is 22.3 Å². The molecule has 0 unspecified atom stereocenters. The van der Waals surface area contributed by atoms with Crippen LogP contribution in [0.5, 0.6) is 5.75 Å². The van der Waals surface area contributed by atoms with E-state index in [-0.39, 0.29) is 11.3 Å². The van der Waals surface area contributed by atoms with Gasteiger partial charge in [0, 0.05) is 5.56 Å². The fourth-order valence-corrected chi connectivity index (χ4v) is 5.32. The Hall–Kier alpha value is -2.68. The Kier molecular flexibility index (Phi) is 8.37. The van der Waals surface area contributed by atoms with Gasteiger partial charge < -0.3 is 4.74 Å². The van der Waals surface area contributed by atoms with Crippen LogP contribution in [0, 0.1) is 23.5 Å². The lowest BCUT2D eigenvalue weighted by Gasteiger charge is -2.28. The first-order chi connectivity index (χ1) is 16.6. The van der Waals surface area contributed by atoms with Gasteiger partial charge in [0.1, 0.15) is 0 Å². The van der Waals surface area contributed by atoms with E-state index in [9.17, 15) is 8.78 Å². The van der Waals surface area contributed by atoms with Gasteiger partial charge in [-0.1, -0.05) is 94.0 Å². The smallest absolute Gasteiger partial charge is 0.201 e. The molecule has 4 rings (SSSR count). The number of ether oxygens (including phenoxy) is 1. The summed E-state index contributed by atoms with van der Waals surface area (Å²) < 4.78 is 33.9. The molecule has 0 bridgehead atoms. The molecule has 0 aliphatic heterocycles. The van der Waals surface area contributed by atoms with Crippen molar-refractivity contribution in [2.45, 2.75) is 65.2 Å². The van der Waals surface area contributed by atoms with Crippen LogP contribution in [-0.4, -0.2) is 6.61 Å². The summed E-state index contributed by atoms with van der Waals surface area (Å²) >= 11 is 0. The van der Waals surface area contributed by atoms with Gasteiger partial charge in [0.05, 0.1) is 6.61 Å². The van der Waals surface area contributed by atoms with Crippen molar-refractivity contribution in [3.8, 4) is 28.0 Å². The van der Waals surface area contributed by atoms with E-state index in [0.717, 1.165) is 29.4 Å². The van der Waals surface area contributed by atoms with Gasteiger partial charge in [0.25, 0.3) is 0 Å². The van der Waals surface area contributed by atoms with E-state index < -0.39 is 11.6 Å². The predicted octanol–water partition coefficient (Wildman–Crippen LogP) is 9.24. The summed E-state index contributed by atoms with van der Waals surface area (Å²) in [5.74, 6) is -0.00964. The number of benzene rings is 3. The Balaban J connectivity index is 1.36. The molecule has 0 saturated heterocycles. The number of rotatable bonds is 9. The van der Waals surface area contributed by atoms with Gasteiger partial charge in [-0.05, 0) is 66.0 Å². The molecule has 1 saturated carbocycles. The summed E-state index contributed by atoms with van der Waals surface area (Å²) in [6.07, 6.45) is 10.8. The first kappa shape index (κ1) is 24.4. The van der Waals surface area contributed by atoms with Crippen LogP contribution in [0.15, 0.2) is 60.7 Å². The zero-order valence-corrected chi connectivity index (χ0v) is 20.5. The molecule has 34 heavy (non-hydrogen) atoms. The summed E-state index contributed by atoms with van der Waals surface area (Å²) in [5, 5.41) is 0. The summed E-state index contributed by atoms with van der Waals surface area (Å²) in [6.45, 7) is 4.34. The Morgan fingerprint density at radius 3 is 1.82 bits per heavy atom. The number of aryl methyl sites for hydroxylation is 1. The molecule has 0 radical (unpaired) electrons. The minimum absolute atomic E-state index is 0.0513. The second kappa shape index (κ2) is 11.6. The quantitative estimate of drug-likeness (QED) is 0.308. The van der Waals surface area contributed by atoms with Crippen LogP contribution in [0.3, 0.4) is 0 Å². The highest BCUT2D eigenvalue weighted by atomic mass is 19.2. The molecule has 3 aromatic carbocycles. The van der Waals surface area contributed by atoms with Crippen molar-refractivity contribution >= 4 is 0 Å². The topological polar surface area (TPSA) is 9.23 Å². The Bertz CT molecular complexity index is 1050. The lowest BCUT2D eigenvalue weighted by molar-refractivity contribution is 0.252. The van der Waals surface area contributed by atoms with Crippen molar-refractivity contribution in [3.63, 3.8) is 0 Å². The van der Waals surface area contributed by atoms with Gasteiger partial charge >= 0.3 is 0 Å². The third kappa shape index (κ3) is 5.87. The average Bonchev–Trinajstić information content (AvgIpc) is 2.87. The minimum atomic E-state index is -0.937. The van der Waals surface area contributed by atoms with Crippen molar-refractivity contribution in [1.82, 2.24) is 0 Å². The van der Waals surface area contributed by atoms with Crippen LogP contribution in [0.4, 0.5) is 8.78 Å². The van der Waals surface area contributed by atoms with Crippen molar-refractivity contribution < 1.29 is 13.5 Å². The molecule has 0 spiro atoms. The standard InChI is InChI=1S/C31H36F2O/c1-3-5-22-6-8-23(9-7-22)10-11-24-12-14-25(15-13-24)26-16-18-27(19-17-26)28-20-21-29(34-4-2)31(33)30(28)32/h12-23H,3-11H2,1-2H3. The van der Waals surface area contributed by atoms with Crippen LogP contribution in [0.2, 0.25) is 0 Å². The van der Waals surface area contributed by atoms with Gasteiger partial charge in [0.15, 0.2) is 11.6 Å². The first-order valence-corrected chi connectivity index (χ1v) is 12.9. The van der Waals surface area contributed by atoms with E-state index in [2.05, 4.69) is 31.2 Å². The lowest BCUT2D eigenvalue weighted by atomic mass is 9.78. The summed E-state index contributed by atoms with van der Waals surface area (Å²) in [4.78, 5) is 0. The maximum absolute atomic E-state index is 14.5. The Morgan fingerprint density at radius 2 is 1.24 bits per heavy atom. The Labute approximate surface area is 203 Å². The van der Waals surface area contributed by atoms with Gasteiger partial charge in [-0.15, -0.1) is 0 Å². The summed E-state index contributed by atoms with van der Waals surface area (Å²) in [5.41, 5.74) is 4.48. The maximum Gasteiger partial charge on any atom is 0.201 e. The van der Waals surface area contributed by atoms with Crippen molar-refractivity contribution in [2.24, 2.45) is 11.8 Å². The molecular weight excluding hydrogens is 426 g/mol. The summed E-state index contributed by atoms with van der Waals surface area (Å²) in [7, 11) is 0. The van der Waals surface area contributed by atoms with E-state index in [1.165, 1.54) is 56.6 Å². The highest BCUT2D eigenvalue weighted by molar-refractivity contribution is 5.71. The highest BCUT2D eigenvalue weighted by Crippen LogP contribution is 2.34. The largest absolute Gasteiger partial charge is 0.491 e. The van der Waals surface area contributed by atoms with Gasteiger partial charge in [-0.3, -0.25) is 0 Å². The van der Waals surface area contributed by atoms with Crippen LogP contribution < -0.4 is 4.74 Å². The van der Waals surface area contributed by atoms with E-state index in [0.29, 0.717) is 12.2 Å². The van der Waals surface area contributed by atoms with E-state index in [1.54, 1.807) is 13.0 Å². The second-order valence-electron chi connectivity index (χ2n) is 9.66. The molecule has 0 aromatic heterocycles. The van der Waals surface area contributed by atoms with E-state index in [4.69, 9.17) is 4.74 Å². The number of halogens is 2. The molecule has 1 aliphatic carbocycles. The van der Waals surface area contributed by atoms with E-state index >= 15 is 0 Å². The Morgan fingerprint density at radius 1 is 0.676 bits per heavy atom. The summed E-state index contributed by atoms with van der Waals surface area (Å²) in [6, 6.07) is 19.5. The average molecular weight is 463 g/mol. The highest BCUT2D eigenvalue weighted by Gasteiger charge is 2.20. The zero-order valence-electron chi connectivity index (χ0n) is 20.5. The van der Waals surface area contributed by atoms with Gasteiger partial charge in [0.2, 0.25) is 5.82 Å². The van der Waals surface area contributed by atoms with Gasteiger partial charge in [-0.25, -0.2) is 4.39 Å². The third-order valence-electron chi connectivity index (χ3n) is 7.33. The lowest BCUT2D eigenvalue weighted by Crippen LogP contribution is -2.15.